The molecule has 328 valence electrons. The van der Waals surface area contributed by atoms with E-state index in [-0.39, 0.29) is 54.3 Å². The smallest absolute Gasteiger partial charge is 0.305 e. The number of aliphatic hydroxyl groups is 1. The maximum atomic E-state index is 15.5. The zero-order chi connectivity index (χ0) is 44.3. The van der Waals surface area contributed by atoms with Crippen molar-refractivity contribution in [3.8, 4) is 5.75 Å². The zero-order valence-electron chi connectivity index (χ0n) is 36.6. The van der Waals surface area contributed by atoms with E-state index in [1.807, 2.05) is 102 Å². The average molecular weight is 869 g/mol. The minimum absolute atomic E-state index is 0.0533. The summed E-state index contributed by atoms with van der Waals surface area (Å²) in [7, 11) is 0.544. The molecule has 0 bridgehead atoms. The molecule has 1 spiro atoms. The largest absolute Gasteiger partial charge is 0.497 e. The normalized spacial score (nSPS) is 21.4. The first kappa shape index (κ1) is 43.7. The van der Waals surface area contributed by atoms with Crippen molar-refractivity contribution < 1.29 is 33.7 Å². The molecule has 4 heterocycles. The average Bonchev–Trinajstić information content (AvgIpc) is 3.97. The molecular formula is C49H56N6O7Si. The topological polar surface area (TPSA) is 149 Å². The van der Waals surface area contributed by atoms with Gasteiger partial charge in [0.15, 0.2) is 5.60 Å². The van der Waals surface area contributed by atoms with E-state index in [2.05, 4.69) is 42.5 Å². The number of hydrazone groups is 1. The fourth-order valence-corrected chi connectivity index (χ4v) is 14.1. The molecule has 4 aromatic carbocycles. The number of ether oxygens (including phenoxy) is 3. The number of benzene rings is 4. The highest BCUT2D eigenvalue weighted by molar-refractivity contribution is 6.91. The number of aliphatic hydroxyl groups excluding tert-OH is 1. The van der Waals surface area contributed by atoms with Crippen LogP contribution in [0.1, 0.15) is 73.8 Å². The maximum Gasteiger partial charge on any atom is 0.305 e. The van der Waals surface area contributed by atoms with Crippen LogP contribution in [0.15, 0.2) is 114 Å². The van der Waals surface area contributed by atoms with Gasteiger partial charge >= 0.3 is 5.97 Å². The number of amides is 2. The van der Waals surface area contributed by atoms with Gasteiger partial charge in [0.1, 0.15) is 5.75 Å². The number of unbranched alkanes of at least 4 members (excludes halogenated alkanes) is 1. The van der Waals surface area contributed by atoms with E-state index >= 15 is 4.79 Å². The highest BCUT2D eigenvalue weighted by Gasteiger charge is 2.66. The summed E-state index contributed by atoms with van der Waals surface area (Å²) in [6.07, 6.45) is 4.26. The summed E-state index contributed by atoms with van der Waals surface area (Å²) in [5, 5.41) is 27.0. The van der Waals surface area contributed by atoms with Gasteiger partial charge in [0.25, 0.3) is 5.91 Å². The minimum atomic E-state index is -2.49. The molecule has 2 amide bonds. The van der Waals surface area contributed by atoms with Gasteiger partial charge in [-0.05, 0) is 66.3 Å². The van der Waals surface area contributed by atoms with Crippen molar-refractivity contribution >= 4 is 48.1 Å². The maximum absolute atomic E-state index is 15.5. The van der Waals surface area contributed by atoms with Crippen molar-refractivity contribution in [3.63, 3.8) is 0 Å². The minimum Gasteiger partial charge on any atom is -0.497 e. The molecule has 5 atom stereocenters. The second-order valence-corrected chi connectivity index (χ2v) is 22.0. The first-order chi connectivity index (χ1) is 30.5. The second-order valence-electron chi connectivity index (χ2n) is 17.3. The predicted molar refractivity (Wildman–Crippen MR) is 244 cm³/mol. The molecule has 1 aromatic heterocycles. The lowest BCUT2D eigenvalue weighted by Crippen LogP contribution is -2.52. The molecule has 14 heteroatoms. The molecule has 3 aliphatic rings. The van der Waals surface area contributed by atoms with E-state index in [1.54, 1.807) is 11.8 Å². The number of carbonyl (C=O) groups excluding carboxylic acids is 3. The van der Waals surface area contributed by atoms with Crippen LogP contribution >= 0.6 is 0 Å². The van der Waals surface area contributed by atoms with Gasteiger partial charge in [0.05, 0.1) is 63.7 Å². The molecule has 1 fully saturated rings. The van der Waals surface area contributed by atoms with Crippen LogP contribution < -0.4 is 19.8 Å². The Morgan fingerprint density at radius 3 is 2.37 bits per heavy atom. The molecule has 13 nitrogen and oxygen atoms in total. The number of aryl methyl sites for hydroxylation is 1. The van der Waals surface area contributed by atoms with Crippen LogP contribution in [0.5, 0.6) is 5.75 Å². The van der Waals surface area contributed by atoms with E-state index in [9.17, 15) is 14.7 Å². The van der Waals surface area contributed by atoms with Gasteiger partial charge in [-0.15, -0.1) is 5.10 Å². The van der Waals surface area contributed by atoms with Crippen LogP contribution in [-0.4, -0.2) is 85.1 Å². The Morgan fingerprint density at radius 2 is 1.67 bits per heavy atom. The van der Waals surface area contributed by atoms with Gasteiger partial charge in [-0.1, -0.05) is 103 Å². The molecule has 3 aliphatic heterocycles. The van der Waals surface area contributed by atoms with Crippen molar-refractivity contribution in [2.75, 3.05) is 37.3 Å². The number of carbonyl (C=O) groups is 3. The lowest BCUT2D eigenvalue weighted by atomic mass is 9.82. The second kappa shape index (κ2) is 18.4. The highest BCUT2D eigenvalue weighted by atomic mass is 28.3. The molecule has 8 rings (SSSR count). The van der Waals surface area contributed by atoms with Gasteiger partial charge in [-0.3, -0.25) is 19.1 Å². The van der Waals surface area contributed by atoms with Gasteiger partial charge < -0.3 is 24.2 Å². The first-order valence-corrected chi connectivity index (χ1v) is 24.9. The van der Waals surface area contributed by atoms with Crippen LogP contribution in [0.4, 0.5) is 11.4 Å². The van der Waals surface area contributed by atoms with Crippen LogP contribution in [0.2, 0.25) is 18.6 Å². The lowest BCUT2D eigenvalue weighted by molar-refractivity contribution is -0.146. The number of nitrogens with zero attached hydrogens (tertiary/aromatic N) is 6. The van der Waals surface area contributed by atoms with E-state index in [0.29, 0.717) is 62.1 Å². The molecule has 0 radical (unpaired) electrons. The number of fused-ring (bicyclic) bond motifs is 2. The number of aromatic nitrogens is 3. The Morgan fingerprint density at radius 1 is 0.937 bits per heavy atom. The number of rotatable bonds is 16. The fourth-order valence-electron chi connectivity index (χ4n) is 10.1. The third kappa shape index (κ3) is 8.34. The summed E-state index contributed by atoms with van der Waals surface area (Å²) in [5.74, 6) is -0.410. The SMILES string of the molecule is COC(=O)CCCCN1C(=O)[C@]2(O[C@H](CCn3cc(C(CO)c4ccccc4)nn3)[C@@H]([Si](C)(C)c3ccc(OC)cc3)[C@@H]2C)c2cc(N3N=C(c4ccccc4)CCC3=O)ccc21. The molecule has 0 saturated carbocycles. The van der Waals surface area contributed by atoms with Crippen molar-refractivity contribution in [2.24, 2.45) is 11.0 Å². The van der Waals surface area contributed by atoms with Gasteiger partial charge in [0, 0.05) is 50.0 Å². The molecule has 0 aliphatic carbocycles. The van der Waals surface area contributed by atoms with Crippen LogP contribution in [-0.2, 0) is 36.0 Å². The van der Waals surface area contributed by atoms with E-state index in [0.717, 1.165) is 28.3 Å². The quantitative estimate of drug-likeness (QED) is 0.0633. The molecule has 63 heavy (non-hydrogen) atoms. The monoisotopic (exact) mass is 868 g/mol. The van der Waals surface area contributed by atoms with Gasteiger partial charge in [-0.2, -0.15) is 5.10 Å². The van der Waals surface area contributed by atoms with Gasteiger partial charge in [0.2, 0.25) is 5.91 Å². The molecule has 1 N–H and O–H groups in total. The number of methoxy groups -OCH3 is 2. The molecular weight excluding hydrogens is 813 g/mol. The Labute approximate surface area is 369 Å². The van der Waals surface area contributed by atoms with Crippen molar-refractivity contribution in [2.45, 2.75) is 88.3 Å². The van der Waals surface area contributed by atoms with Crippen LogP contribution in [0.25, 0.3) is 0 Å². The van der Waals surface area contributed by atoms with Crippen molar-refractivity contribution in [1.29, 1.82) is 0 Å². The van der Waals surface area contributed by atoms with Crippen LogP contribution in [0, 0.1) is 5.92 Å². The first-order valence-electron chi connectivity index (χ1n) is 21.9. The van der Waals surface area contributed by atoms with E-state index in [1.165, 1.54) is 17.3 Å². The molecule has 1 saturated heterocycles. The zero-order valence-corrected chi connectivity index (χ0v) is 37.6. The Kier molecular flexibility index (Phi) is 12.8. The summed E-state index contributed by atoms with van der Waals surface area (Å²) in [4.78, 5) is 43.0. The summed E-state index contributed by atoms with van der Waals surface area (Å²) in [6.45, 7) is 7.57. The Balaban J connectivity index is 1.19. The summed E-state index contributed by atoms with van der Waals surface area (Å²) >= 11 is 0. The van der Waals surface area contributed by atoms with Crippen LogP contribution in [0.3, 0.4) is 0 Å². The fraction of sp³-hybridized carbons (Fsp3) is 0.388. The van der Waals surface area contributed by atoms with Crippen molar-refractivity contribution in [1.82, 2.24) is 15.0 Å². The lowest BCUT2D eigenvalue weighted by Gasteiger charge is -2.37. The number of hydrogen-bond donors (Lipinski definition) is 1. The third-order valence-corrected chi connectivity index (χ3v) is 17.7. The number of anilines is 2. The van der Waals surface area contributed by atoms with Crippen molar-refractivity contribution in [3.05, 3.63) is 132 Å². The third-order valence-electron chi connectivity index (χ3n) is 13.4. The molecule has 1 unspecified atom stereocenters. The van der Waals surface area contributed by atoms with E-state index in [4.69, 9.17) is 19.3 Å². The van der Waals surface area contributed by atoms with Gasteiger partial charge in [-0.25, -0.2) is 5.01 Å². The standard InChI is InChI=1S/C49H56N6O7Si/c1-33-47(63(4,5)38-22-20-37(60-2)21-23-38)44(27-29-53-31-42(50-52-53)39(32-56)34-14-8-6-9-15-34)62-49(33)40-30-36(55-45(57)26-24-41(51-55)35-16-10-7-11-17-35)19-25-43(40)54(48(49)59)28-13-12-18-46(58)61-3/h6-11,14-17,19-23,25,30-31,33,39,44,47,56H,12-13,18,24,26-29,32H2,1-5H3/t33-,39?,44+,47-,49+/m0/s1. The molecule has 5 aromatic rings. The Bertz CT molecular complexity index is 2460. The Hall–Kier alpha value is -5.96. The summed E-state index contributed by atoms with van der Waals surface area (Å²) in [6, 6.07) is 33.7. The summed E-state index contributed by atoms with van der Waals surface area (Å²) < 4.78 is 19.7. The van der Waals surface area contributed by atoms with E-state index < -0.39 is 13.7 Å². The highest BCUT2D eigenvalue weighted by Crippen LogP contribution is 2.60. The summed E-state index contributed by atoms with van der Waals surface area (Å²) in [5.41, 5.74) is 3.97. The predicted octanol–water partition coefficient (Wildman–Crippen LogP) is 6.94. The number of esters is 1. The number of hydrogen-bond acceptors (Lipinski definition) is 10.